The summed E-state index contributed by atoms with van der Waals surface area (Å²) in [5.74, 6) is 0. The van der Waals surface area contributed by atoms with Crippen LogP contribution in [-0.2, 0) is 9.47 Å². The molecule has 160 valence electrons. The van der Waals surface area contributed by atoms with Crippen LogP contribution >= 0.6 is 0 Å². The van der Waals surface area contributed by atoms with Gasteiger partial charge in [-0.2, -0.15) is 0 Å². The van der Waals surface area contributed by atoms with Crippen molar-refractivity contribution >= 4 is 0 Å². The SMILES string of the molecule is CCCCCCCC/C=C/CCCCCCO[C@H]1CO[C@H](CO)[C@@H](O)[C@@H]1O. The first-order valence-electron chi connectivity index (χ1n) is 11.1. The molecule has 0 bridgehead atoms. The fourth-order valence-corrected chi connectivity index (χ4v) is 3.39. The maximum absolute atomic E-state index is 9.98. The second-order valence-electron chi connectivity index (χ2n) is 7.68. The molecule has 27 heavy (non-hydrogen) atoms. The Hall–Kier alpha value is -0.460. The number of hydrogen-bond acceptors (Lipinski definition) is 5. The molecule has 0 aliphatic carbocycles. The number of aliphatic hydroxyl groups is 3. The summed E-state index contributed by atoms with van der Waals surface area (Å²) in [7, 11) is 0. The highest BCUT2D eigenvalue weighted by molar-refractivity contribution is 4.87. The van der Waals surface area contributed by atoms with E-state index in [0.717, 1.165) is 19.3 Å². The van der Waals surface area contributed by atoms with Crippen LogP contribution in [0.4, 0.5) is 0 Å². The largest absolute Gasteiger partial charge is 0.394 e. The molecular formula is C22H42O5. The number of unbranched alkanes of at least 4 members (excludes halogenated alkanes) is 10. The summed E-state index contributed by atoms with van der Waals surface area (Å²) in [5, 5.41) is 28.8. The second kappa shape index (κ2) is 16.5. The molecule has 0 radical (unpaired) electrons. The molecule has 3 N–H and O–H groups in total. The topological polar surface area (TPSA) is 79.2 Å². The van der Waals surface area contributed by atoms with Crippen LogP contribution in [0.5, 0.6) is 0 Å². The van der Waals surface area contributed by atoms with Crippen molar-refractivity contribution in [3.8, 4) is 0 Å². The van der Waals surface area contributed by atoms with Crippen LogP contribution in [0.1, 0.15) is 84.0 Å². The van der Waals surface area contributed by atoms with Gasteiger partial charge in [-0.25, -0.2) is 0 Å². The number of rotatable bonds is 16. The van der Waals surface area contributed by atoms with Crippen LogP contribution in [0.15, 0.2) is 12.2 Å². The van der Waals surface area contributed by atoms with E-state index in [1.54, 1.807) is 0 Å². The van der Waals surface area contributed by atoms with Gasteiger partial charge in [-0.1, -0.05) is 64.0 Å². The molecule has 0 unspecified atom stereocenters. The average Bonchev–Trinajstić information content (AvgIpc) is 2.68. The molecule has 0 aromatic heterocycles. The van der Waals surface area contributed by atoms with Crippen LogP contribution in [0.3, 0.4) is 0 Å². The van der Waals surface area contributed by atoms with Crippen molar-refractivity contribution in [3.63, 3.8) is 0 Å². The lowest BCUT2D eigenvalue weighted by molar-refractivity contribution is -0.208. The minimum atomic E-state index is -1.09. The zero-order valence-electron chi connectivity index (χ0n) is 17.2. The van der Waals surface area contributed by atoms with E-state index in [9.17, 15) is 10.2 Å². The lowest BCUT2D eigenvalue weighted by atomic mass is 10.0. The van der Waals surface area contributed by atoms with E-state index in [1.807, 2.05) is 0 Å². The van der Waals surface area contributed by atoms with Gasteiger partial charge in [-0.15, -0.1) is 0 Å². The summed E-state index contributed by atoms with van der Waals surface area (Å²) >= 11 is 0. The maximum atomic E-state index is 9.98. The zero-order valence-corrected chi connectivity index (χ0v) is 17.2. The van der Waals surface area contributed by atoms with Gasteiger partial charge in [-0.05, 0) is 32.1 Å². The molecule has 1 aliphatic heterocycles. The summed E-state index contributed by atoms with van der Waals surface area (Å²) in [6, 6.07) is 0. The Labute approximate surface area is 165 Å². The summed E-state index contributed by atoms with van der Waals surface area (Å²) in [6.45, 7) is 2.74. The van der Waals surface area contributed by atoms with Gasteiger partial charge in [0.05, 0.1) is 13.2 Å². The van der Waals surface area contributed by atoms with Crippen LogP contribution < -0.4 is 0 Å². The minimum absolute atomic E-state index is 0.215. The Balaban J connectivity index is 1.88. The predicted octanol–water partition coefficient (Wildman–Crippen LogP) is 3.74. The molecule has 1 saturated heterocycles. The number of hydrogen-bond donors (Lipinski definition) is 3. The normalized spacial score (nSPS) is 26.1. The van der Waals surface area contributed by atoms with E-state index < -0.39 is 24.4 Å². The molecule has 1 aliphatic rings. The third-order valence-corrected chi connectivity index (χ3v) is 5.25. The Morgan fingerprint density at radius 3 is 2.07 bits per heavy atom. The summed E-state index contributed by atoms with van der Waals surface area (Å²) in [6.07, 6.45) is 16.3. The van der Waals surface area contributed by atoms with Crippen molar-refractivity contribution in [2.75, 3.05) is 19.8 Å². The first-order valence-corrected chi connectivity index (χ1v) is 11.1. The van der Waals surface area contributed by atoms with Crippen molar-refractivity contribution in [1.82, 2.24) is 0 Å². The standard InChI is InChI=1S/C22H42O5/c1-2-3-4-5-6-7-8-9-10-11-12-13-14-15-16-26-20-18-27-19(17-23)21(24)22(20)25/h9-10,19-25H,2-8,11-18H2,1H3/b10-9+/t19-,20+,21-,22-/m1/s1. The Morgan fingerprint density at radius 1 is 0.852 bits per heavy atom. The number of allylic oxidation sites excluding steroid dienone is 2. The molecule has 0 amide bonds. The summed E-state index contributed by atoms with van der Waals surface area (Å²) in [5.41, 5.74) is 0. The van der Waals surface area contributed by atoms with Gasteiger partial charge in [0.1, 0.15) is 24.4 Å². The molecule has 0 saturated carbocycles. The average molecular weight is 387 g/mol. The molecule has 5 heteroatoms. The maximum Gasteiger partial charge on any atom is 0.111 e. The number of ether oxygens (including phenoxy) is 2. The van der Waals surface area contributed by atoms with E-state index in [4.69, 9.17) is 14.6 Å². The van der Waals surface area contributed by atoms with E-state index >= 15 is 0 Å². The van der Waals surface area contributed by atoms with Crippen LogP contribution in [0, 0.1) is 0 Å². The molecule has 1 heterocycles. The van der Waals surface area contributed by atoms with Crippen molar-refractivity contribution in [2.45, 2.75) is 108 Å². The summed E-state index contributed by atoms with van der Waals surface area (Å²) < 4.78 is 10.9. The van der Waals surface area contributed by atoms with Crippen LogP contribution in [0.2, 0.25) is 0 Å². The molecule has 5 nitrogen and oxygen atoms in total. The van der Waals surface area contributed by atoms with E-state index in [1.165, 1.54) is 57.8 Å². The Kier molecular flexibility index (Phi) is 15.0. The molecular weight excluding hydrogens is 344 g/mol. The van der Waals surface area contributed by atoms with Crippen LogP contribution in [-0.4, -0.2) is 59.6 Å². The fraction of sp³-hybridized carbons (Fsp3) is 0.909. The van der Waals surface area contributed by atoms with E-state index in [2.05, 4.69) is 19.1 Å². The van der Waals surface area contributed by atoms with Gasteiger partial charge in [0, 0.05) is 6.61 Å². The quantitative estimate of drug-likeness (QED) is 0.278. The van der Waals surface area contributed by atoms with Crippen molar-refractivity contribution in [2.24, 2.45) is 0 Å². The smallest absolute Gasteiger partial charge is 0.111 e. The third kappa shape index (κ3) is 11.2. The second-order valence-corrected chi connectivity index (χ2v) is 7.68. The first kappa shape index (κ1) is 24.6. The molecule has 0 spiro atoms. The van der Waals surface area contributed by atoms with Gasteiger partial charge in [0.2, 0.25) is 0 Å². The number of aliphatic hydroxyl groups excluding tert-OH is 3. The third-order valence-electron chi connectivity index (χ3n) is 5.25. The fourth-order valence-electron chi connectivity index (χ4n) is 3.39. The Morgan fingerprint density at radius 2 is 1.44 bits per heavy atom. The predicted molar refractivity (Wildman–Crippen MR) is 109 cm³/mol. The minimum Gasteiger partial charge on any atom is -0.394 e. The van der Waals surface area contributed by atoms with Crippen molar-refractivity contribution in [1.29, 1.82) is 0 Å². The molecule has 0 aromatic rings. The highest BCUT2D eigenvalue weighted by atomic mass is 16.6. The highest BCUT2D eigenvalue weighted by Crippen LogP contribution is 2.18. The van der Waals surface area contributed by atoms with Gasteiger partial charge >= 0.3 is 0 Å². The summed E-state index contributed by atoms with van der Waals surface area (Å²) in [4.78, 5) is 0. The molecule has 1 fully saturated rings. The highest BCUT2D eigenvalue weighted by Gasteiger charge is 2.38. The van der Waals surface area contributed by atoms with E-state index in [0.29, 0.717) is 6.61 Å². The van der Waals surface area contributed by atoms with Gasteiger partial charge < -0.3 is 24.8 Å². The lowest BCUT2D eigenvalue weighted by Gasteiger charge is -2.36. The van der Waals surface area contributed by atoms with Crippen molar-refractivity contribution < 1.29 is 24.8 Å². The molecule has 1 rings (SSSR count). The zero-order chi connectivity index (χ0) is 19.7. The lowest BCUT2D eigenvalue weighted by Crippen LogP contribution is -2.55. The van der Waals surface area contributed by atoms with Crippen molar-refractivity contribution in [3.05, 3.63) is 12.2 Å². The molecule has 0 aromatic carbocycles. The Bertz CT molecular complexity index is 361. The first-order chi connectivity index (χ1) is 13.2. The van der Waals surface area contributed by atoms with Gasteiger partial charge in [-0.3, -0.25) is 0 Å². The monoisotopic (exact) mass is 386 g/mol. The van der Waals surface area contributed by atoms with E-state index in [-0.39, 0.29) is 13.2 Å². The van der Waals surface area contributed by atoms with Gasteiger partial charge in [0.15, 0.2) is 0 Å². The van der Waals surface area contributed by atoms with Crippen LogP contribution in [0.25, 0.3) is 0 Å². The van der Waals surface area contributed by atoms with Gasteiger partial charge in [0.25, 0.3) is 0 Å². The molecule has 4 atom stereocenters.